The van der Waals surface area contributed by atoms with E-state index in [-0.39, 0.29) is 23.9 Å². The van der Waals surface area contributed by atoms with Gasteiger partial charge in [0.1, 0.15) is 17.3 Å². The lowest BCUT2D eigenvalue weighted by molar-refractivity contribution is -0.118. The van der Waals surface area contributed by atoms with Gasteiger partial charge in [-0.3, -0.25) is 4.79 Å². The number of rotatable bonds is 11. The minimum Gasteiger partial charge on any atom is -0.369 e. The molecular formula is C30H34ClFN6O2. The minimum absolute atomic E-state index is 0.0808. The zero-order chi connectivity index (χ0) is 27.9. The van der Waals surface area contributed by atoms with E-state index in [4.69, 9.17) is 26.3 Å². The molecule has 1 aliphatic heterocycles. The summed E-state index contributed by atoms with van der Waals surface area (Å²) >= 11 is 6.34. The van der Waals surface area contributed by atoms with Crippen molar-refractivity contribution in [1.29, 1.82) is 0 Å². The maximum atomic E-state index is 13.6. The van der Waals surface area contributed by atoms with Gasteiger partial charge >= 0.3 is 0 Å². The van der Waals surface area contributed by atoms with E-state index < -0.39 is 0 Å². The first-order valence-corrected chi connectivity index (χ1v) is 14.1. The fourth-order valence-corrected chi connectivity index (χ4v) is 5.21. The molecule has 2 aromatic heterocycles. The summed E-state index contributed by atoms with van der Waals surface area (Å²) in [5.41, 5.74) is 3.38. The number of halogens is 2. The average Bonchev–Trinajstić information content (AvgIpc) is 3.39. The van der Waals surface area contributed by atoms with Crippen molar-refractivity contribution in [3.63, 3.8) is 0 Å². The average molecular weight is 565 g/mol. The molecule has 5 rings (SSSR count). The van der Waals surface area contributed by atoms with Gasteiger partial charge < -0.3 is 25.7 Å². The first-order valence-electron chi connectivity index (χ1n) is 13.7. The molecule has 1 fully saturated rings. The van der Waals surface area contributed by atoms with Crippen LogP contribution in [0.2, 0.25) is 5.02 Å². The number of hydrogen-bond donors (Lipinski definition) is 4. The highest BCUT2D eigenvalue weighted by atomic mass is 35.5. The van der Waals surface area contributed by atoms with Gasteiger partial charge in [-0.05, 0) is 62.5 Å². The molecule has 1 aliphatic rings. The van der Waals surface area contributed by atoms with E-state index in [1.807, 2.05) is 36.4 Å². The first-order chi connectivity index (χ1) is 19.5. The van der Waals surface area contributed by atoms with Crippen LogP contribution in [-0.2, 0) is 16.0 Å². The van der Waals surface area contributed by atoms with Crippen LogP contribution in [0.1, 0.15) is 43.5 Å². The van der Waals surface area contributed by atoms with Crippen molar-refractivity contribution in [2.24, 2.45) is 0 Å². The van der Waals surface area contributed by atoms with E-state index in [0.717, 1.165) is 48.1 Å². The van der Waals surface area contributed by atoms with E-state index in [9.17, 15) is 9.18 Å². The number of hydrogen-bond acceptors (Lipinski definition) is 6. The zero-order valence-electron chi connectivity index (χ0n) is 22.5. The number of nitrogens with one attached hydrogen (secondary N) is 4. The third-order valence-corrected chi connectivity index (χ3v) is 7.36. The lowest BCUT2D eigenvalue weighted by Crippen LogP contribution is -2.33. The van der Waals surface area contributed by atoms with Crippen LogP contribution >= 0.6 is 11.6 Å². The largest absolute Gasteiger partial charge is 0.369 e. The lowest BCUT2D eigenvalue weighted by atomic mass is 10.0. The molecule has 0 aliphatic carbocycles. The molecule has 8 nitrogen and oxygen atoms in total. The monoisotopic (exact) mass is 564 g/mol. The van der Waals surface area contributed by atoms with E-state index >= 15 is 0 Å². The Hall–Kier alpha value is -3.53. The van der Waals surface area contributed by atoms with Gasteiger partial charge in [0.2, 0.25) is 5.91 Å². The standard InChI is InChI=1S/C30H34ClFN6O2/c1-19(39)34-15-16-35-29-24-18-26(36-30(24)38-28(37-29)21-5-3-2-4-6-21)27(40-23-11-13-33-14-12-23)10-8-20-7-9-22(32)17-25(20)31/h2-7,9,17-18,23,27,33H,8,10-16H2,1H3,(H,34,39)(H2,35,36,37,38). The second kappa shape index (κ2) is 13.2. The number of amides is 1. The molecule has 3 heterocycles. The van der Waals surface area contributed by atoms with Crippen molar-refractivity contribution in [1.82, 2.24) is 25.6 Å². The summed E-state index contributed by atoms with van der Waals surface area (Å²) in [5.74, 6) is 0.845. The molecule has 4 aromatic rings. The van der Waals surface area contributed by atoms with Crippen LogP contribution in [0.3, 0.4) is 0 Å². The van der Waals surface area contributed by atoms with Crippen LogP contribution in [0, 0.1) is 5.82 Å². The Bertz CT molecular complexity index is 1440. The summed E-state index contributed by atoms with van der Waals surface area (Å²) in [5, 5.41) is 10.8. The number of ether oxygens (including phenoxy) is 1. The highest BCUT2D eigenvalue weighted by Gasteiger charge is 2.24. The number of H-pyrrole nitrogens is 1. The Morgan fingerprint density at radius 2 is 1.93 bits per heavy atom. The Kier molecular flexibility index (Phi) is 9.26. The van der Waals surface area contributed by atoms with Gasteiger partial charge in [0.15, 0.2) is 5.82 Å². The van der Waals surface area contributed by atoms with Gasteiger partial charge in [0.05, 0.1) is 17.6 Å². The number of aromatic amines is 1. The molecule has 210 valence electrons. The number of aromatic nitrogens is 3. The maximum Gasteiger partial charge on any atom is 0.216 e. The third kappa shape index (κ3) is 7.15. The van der Waals surface area contributed by atoms with Crippen molar-refractivity contribution < 1.29 is 13.9 Å². The molecule has 10 heteroatoms. The van der Waals surface area contributed by atoms with Crippen LogP contribution < -0.4 is 16.0 Å². The predicted octanol–water partition coefficient (Wildman–Crippen LogP) is 5.41. The second-order valence-corrected chi connectivity index (χ2v) is 10.4. The molecule has 4 N–H and O–H groups in total. The van der Waals surface area contributed by atoms with Crippen LogP contribution in [-0.4, -0.2) is 53.1 Å². The molecule has 0 spiro atoms. The van der Waals surface area contributed by atoms with Crippen LogP contribution in [0.5, 0.6) is 0 Å². The van der Waals surface area contributed by atoms with Crippen LogP contribution in [0.15, 0.2) is 54.6 Å². The van der Waals surface area contributed by atoms with Crippen molar-refractivity contribution >= 4 is 34.4 Å². The quantitative estimate of drug-likeness (QED) is 0.182. The third-order valence-electron chi connectivity index (χ3n) is 7.01. The molecular weight excluding hydrogens is 531 g/mol. The summed E-state index contributed by atoms with van der Waals surface area (Å²) in [6.45, 7) is 4.32. The number of fused-ring (bicyclic) bond motifs is 1. The van der Waals surface area contributed by atoms with Gasteiger partial charge in [-0.2, -0.15) is 0 Å². The summed E-state index contributed by atoms with van der Waals surface area (Å²) in [6, 6.07) is 16.4. The number of piperidine rings is 1. The Labute approximate surface area is 238 Å². The number of nitrogens with zero attached hydrogens (tertiary/aromatic N) is 2. The first kappa shape index (κ1) is 28.0. The SMILES string of the molecule is CC(=O)NCCNc1nc(-c2ccccc2)nc2[nH]c(C(CCc3ccc(F)cc3Cl)OC3CCNCC3)cc12. The molecule has 40 heavy (non-hydrogen) atoms. The summed E-state index contributed by atoms with van der Waals surface area (Å²) in [6.07, 6.45) is 3.04. The number of anilines is 1. The van der Waals surface area contributed by atoms with Crippen molar-refractivity contribution in [2.45, 2.75) is 44.8 Å². The van der Waals surface area contributed by atoms with Crippen LogP contribution in [0.25, 0.3) is 22.4 Å². The molecule has 0 bridgehead atoms. The van der Waals surface area contributed by atoms with E-state index in [1.54, 1.807) is 6.07 Å². The summed E-state index contributed by atoms with van der Waals surface area (Å²) in [4.78, 5) is 24.5. The molecule has 2 aromatic carbocycles. The highest BCUT2D eigenvalue weighted by Crippen LogP contribution is 2.33. The Morgan fingerprint density at radius 3 is 2.67 bits per heavy atom. The predicted molar refractivity (Wildman–Crippen MR) is 156 cm³/mol. The van der Waals surface area contributed by atoms with Gasteiger partial charge in [0, 0.05) is 36.3 Å². The maximum absolute atomic E-state index is 13.6. The molecule has 1 unspecified atom stereocenters. The molecule has 1 saturated heterocycles. The smallest absolute Gasteiger partial charge is 0.216 e. The molecule has 0 saturated carbocycles. The van der Waals surface area contributed by atoms with Crippen LogP contribution in [0.4, 0.5) is 10.2 Å². The molecule has 1 atom stereocenters. The normalized spacial score (nSPS) is 14.8. The lowest BCUT2D eigenvalue weighted by Gasteiger charge is -2.28. The van der Waals surface area contributed by atoms with E-state index in [0.29, 0.717) is 48.2 Å². The fraction of sp³-hybridized carbons (Fsp3) is 0.367. The van der Waals surface area contributed by atoms with Gasteiger partial charge in [-0.25, -0.2) is 14.4 Å². The van der Waals surface area contributed by atoms with Gasteiger partial charge in [-0.15, -0.1) is 0 Å². The minimum atomic E-state index is -0.349. The van der Waals surface area contributed by atoms with E-state index in [1.165, 1.54) is 19.1 Å². The number of benzene rings is 2. The molecule has 1 amide bonds. The van der Waals surface area contributed by atoms with Crippen molar-refractivity contribution in [3.05, 3.63) is 76.7 Å². The van der Waals surface area contributed by atoms with Crippen molar-refractivity contribution in [3.8, 4) is 11.4 Å². The zero-order valence-corrected chi connectivity index (χ0v) is 23.2. The van der Waals surface area contributed by atoms with E-state index in [2.05, 4.69) is 20.9 Å². The summed E-state index contributed by atoms with van der Waals surface area (Å²) < 4.78 is 20.3. The Morgan fingerprint density at radius 1 is 1.12 bits per heavy atom. The number of carbonyl (C=O) groups excluding carboxylic acids is 1. The van der Waals surface area contributed by atoms with Gasteiger partial charge in [0.25, 0.3) is 0 Å². The number of aryl methyl sites for hydroxylation is 1. The summed E-state index contributed by atoms with van der Waals surface area (Å²) in [7, 11) is 0. The molecule has 0 radical (unpaired) electrons. The van der Waals surface area contributed by atoms with Gasteiger partial charge in [-0.1, -0.05) is 48.0 Å². The number of carbonyl (C=O) groups is 1. The second-order valence-electron chi connectivity index (χ2n) is 10.0. The Balaban J connectivity index is 1.47. The fourth-order valence-electron chi connectivity index (χ4n) is 4.95. The highest BCUT2D eigenvalue weighted by molar-refractivity contribution is 6.31. The van der Waals surface area contributed by atoms with Crippen molar-refractivity contribution in [2.75, 3.05) is 31.5 Å². The topological polar surface area (TPSA) is 104 Å².